The highest BCUT2D eigenvalue weighted by Crippen LogP contribution is 2.17. The Kier molecular flexibility index (Phi) is 5.53. The monoisotopic (exact) mass is 352 g/mol. The van der Waals surface area contributed by atoms with Crippen molar-refractivity contribution in [1.82, 2.24) is 9.62 Å². The number of carbonyl (C=O) groups is 1. The number of hydrogen-bond acceptors (Lipinski definition) is 4. The smallest absolute Gasteiger partial charge is 0.253 e. The third-order valence-corrected chi connectivity index (χ3v) is 5.98. The molecule has 2 aliphatic rings. The topological polar surface area (TPSA) is 75.7 Å². The van der Waals surface area contributed by atoms with Crippen LogP contribution in [0.3, 0.4) is 0 Å². The summed E-state index contributed by atoms with van der Waals surface area (Å²) in [4.78, 5) is 14.5. The Balaban J connectivity index is 1.70. The van der Waals surface area contributed by atoms with Crippen LogP contribution in [0.25, 0.3) is 0 Å². The van der Waals surface area contributed by atoms with Gasteiger partial charge in [-0.2, -0.15) is 0 Å². The summed E-state index contributed by atoms with van der Waals surface area (Å²) in [7, 11) is -3.64. The molecule has 0 aromatic heterocycles. The van der Waals surface area contributed by atoms with Crippen LogP contribution in [0.15, 0.2) is 29.2 Å². The van der Waals surface area contributed by atoms with E-state index in [9.17, 15) is 13.2 Å². The zero-order valence-electron chi connectivity index (χ0n) is 13.7. The molecule has 1 amide bonds. The molecule has 2 aliphatic heterocycles. The molecule has 24 heavy (non-hydrogen) atoms. The Morgan fingerprint density at radius 2 is 2.00 bits per heavy atom. The number of sulfonamides is 1. The standard InChI is InChI=1S/C17H24N2O4S/c20-17(19-9-2-1-3-10-19)14-6-4-8-16(12-14)24(21,22)18-13-15-7-5-11-23-15/h4,6,8,12,15,18H,1-3,5,7,9-11,13H2/t15-/m0/s1. The van der Waals surface area contributed by atoms with Gasteiger partial charge in [-0.3, -0.25) is 4.79 Å². The lowest BCUT2D eigenvalue weighted by molar-refractivity contribution is 0.0724. The summed E-state index contributed by atoms with van der Waals surface area (Å²) in [5.41, 5.74) is 0.428. The van der Waals surface area contributed by atoms with Crippen LogP contribution in [0, 0.1) is 0 Å². The molecule has 1 aromatic rings. The number of likely N-dealkylation sites (tertiary alicyclic amines) is 1. The Morgan fingerprint density at radius 3 is 2.71 bits per heavy atom. The summed E-state index contributed by atoms with van der Waals surface area (Å²) in [6.07, 6.45) is 4.94. The summed E-state index contributed by atoms with van der Waals surface area (Å²) < 4.78 is 32.9. The van der Waals surface area contributed by atoms with E-state index in [2.05, 4.69) is 4.72 Å². The fourth-order valence-corrected chi connectivity index (χ4v) is 4.28. The first kappa shape index (κ1) is 17.4. The number of rotatable bonds is 5. The second-order valence-electron chi connectivity index (χ2n) is 6.37. The summed E-state index contributed by atoms with van der Waals surface area (Å²) in [5, 5.41) is 0. The number of nitrogens with one attached hydrogen (secondary N) is 1. The Hall–Kier alpha value is -1.44. The Morgan fingerprint density at radius 1 is 1.21 bits per heavy atom. The maximum Gasteiger partial charge on any atom is 0.253 e. The van der Waals surface area contributed by atoms with E-state index in [1.807, 2.05) is 0 Å². The van der Waals surface area contributed by atoms with Gasteiger partial charge >= 0.3 is 0 Å². The van der Waals surface area contributed by atoms with Gasteiger partial charge in [-0.05, 0) is 50.3 Å². The molecule has 132 valence electrons. The van der Waals surface area contributed by atoms with Gasteiger partial charge in [0.1, 0.15) is 0 Å². The number of hydrogen-bond donors (Lipinski definition) is 1. The van der Waals surface area contributed by atoms with E-state index in [0.29, 0.717) is 12.2 Å². The van der Waals surface area contributed by atoms with Crippen molar-refractivity contribution in [3.63, 3.8) is 0 Å². The first-order chi connectivity index (χ1) is 11.6. The van der Waals surface area contributed by atoms with Crippen molar-refractivity contribution in [2.45, 2.75) is 43.1 Å². The first-order valence-corrected chi connectivity index (χ1v) is 10.1. The number of amides is 1. The van der Waals surface area contributed by atoms with Gasteiger partial charge in [0.15, 0.2) is 0 Å². The quantitative estimate of drug-likeness (QED) is 0.876. The van der Waals surface area contributed by atoms with Crippen molar-refractivity contribution in [2.75, 3.05) is 26.2 Å². The van der Waals surface area contributed by atoms with Gasteiger partial charge in [-0.25, -0.2) is 13.1 Å². The molecule has 2 saturated heterocycles. The maximum atomic E-state index is 12.5. The minimum atomic E-state index is -3.64. The fraction of sp³-hybridized carbons (Fsp3) is 0.588. The molecule has 1 aromatic carbocycles. The molecule has 3 rings (SSSR count). The van der Waals surface area contributed by atoms with Gasteiger partial charge in [-0.1, -0.05) is 6.07 Å². The molecule has 0 bridgehead atoms. The number of benzene rings is 1. The zero-order chi connectivity index (χ0) is 17.0. The van der Waals surface area contributed by atoms with Crippen molar-refractivity contribution in [3.8, 4) is 0 Å². The number of ether oxygens (including phenoxy) is 1. The van der Waals surface area contributed by atoms with Crippen molar-refractivity contribution in [3.05, 3.63) is 29.8 Å². The van der Waals surface area contributed by atoms with Crippen LogP contribution in [0.2, 0.25) is 0 Å². The SMILES string of the molecule is O=C(c1cccc(S(=O)(=O)NC[C@@H]2CCCO2)c1)N1CCCCC1. The number of piperidine rings is 1. The molecule has 2 heterocycles. The Bertz CT molecular complexity index is 678. The van der Waals surface area contributed by atoms with Gasteiger partial charge in [0.25, 0.3) is 5.91 Å². The highest BCUT2D eigenvalue weighted by Gasteiger charge is 2.23. The van der Waals surface area contributed by atoms with Crippen LogP contribution in [-0.2, 0) is 14.8 Å². The van der Waals surface area contributed by atoms with E-state index in [1.165, 1.54) is 12.1 Å². The van der Waals surface area contributed by atoms with Crippen molar-refractivity contribution in [2.24, 2.45) is 0 Å². The summed E-state index contributed by atoms with van der Waals surface area (Å²) in [6, 6.07) is 6.29. The Labute approximate surface area is 143 Å². The lowest BCUT2D eigenvalue weighted by atomic mass is 10.1. The van der Waals surface area contributed by atoms with Crippen molar-refractivity contribution < 1.29 is 17.9 Å². The molecular formula is C17H24N2O4S. The molecule has 7 heteroatoms. The third-order valence-electron chi connectivity index (χ3n) is 4.56. The van der Waals surface area contributed by atoms with Crippen LogP contribution in [0.4, 0.5) is 0 Å². The molecule has 0 aliphatic carbocycles. The summed E-state index contributed by atoms with van der Waals surface area (Å²) in [6.45, 7) is 2.44. The second-order valence-corrected chi connectivity index (χ2v) is 8.13. The second kappa shape index (κ2) is 7.63. The van der Waals surface area contributed by atoms with E-state index in [1.54, 1.807) is 17.0 Å². The molecule has 1 atom stereocenters. The predicted molar refractivity (Wildman–Crippen MR) is 90.4 cm³/mol. The molecule has 2 fully saturated rings. The largest absolute Gasteiger partial charge is 0.377 e. The van der Waals surface area contributed by atoms with E-state index >= 15 is 0 Å². The number of nitrogens with zero attached hydrogens (tertiary/aromatic N) is 1. The molecule has 6 nitrogen and oxygen atoms in total. The fourth-order valence-electron chi connectivity index (χ4n) is 3.17. The minimum absolute atomic E-state index is 0.0575. The summed E-state index contributed by atoms with van der Waals surface area (Å²) in [5.74, 6) is -0.0918. The van der Waals surface area contributed by atoms with Gasteiger partial charge in [0.05, 0.1) is 11.0 Å². The average Bonchev–Trinajstić information content (AvgIpc) is 3.14. The normalized spacial score (nSPS) is 21.8. The van der Waals surface area contributed by atoms with Crippen molar-refractivity contribution in [1.29, 1.82) is 0 Å². The van der Waals surface area contributed by atoms with E-state index in [-0.39, 0.29) is 23.5 Å². The van der Waals surface area contributed by atoms with Crippen LogP contribution in [-0.4, -0.2) is 51.6 Å². The van der Waals surface area contributed by atoms with Gasteiger partial charge in [-0.15, -0.1) is 0 Å². The number of carbonyl (C=O) groups excluding carboxylic acids is 1. The molecule has 0 saturated carbocycles. The van der Waals surface area contributed by atoms with Gasteiger partial charge < -0.3 is 9.64 Å². The summed E-state index contributed by atoms with van der Waals surface area (Å²) >= 11 is 0. The third kappa shape index (κ3) is 4.15. The van der Waals surface area contributed by atoms with Crippen molar-refractivity contribution >= 4 is 15.9 Å². The van der Waals surface area contributed by atoms with E-state index in [4.69, 9.17) is 4.74 Å². The van der Waals surface area contributed by atoms with Gasteiger partial charge in [0, 0.05) is 31.8 Å². The molecule has 1 N–H and O–H groups in total. The molecule has 0 spiro atoms. The lowest BCUT2D eigenvalue weighted by Crippen LogP contribution is -2.36. The van der Waals surface area contributed by atoms with Crippen LogP contribution in [0.5, 0.6) is 0 Å². The van der Waals surface area contributed by atoms with Crippen LogP contribution < -0.4 is 4.72 Å². The first-order valence-electron chi connectivity index (χ1n) is 8.57. The van der Waals surface area contributed by atoms with Crippen LogP contribution >= 0.6 is 0 Å². The van der Waals surface area contributed by atoms with Crippen LogP contribution in [0.1, 0.15) is 42.5 Å². The van der Waals surface area contributed by atoms with E-state index < -0.39 is 10.0 Å². The minimum Gasteiger partial charge on any atom is -0.377 e. The van der Waals surface area contributed by atoms with Gasteiger partial charge in [0.2, 0.25) is 10.0 Å². The highest BCUT2D eigenvalue weighted by atomic mass is 32.2. The molecular weight excluding hydrogens is 328 g/mol. The average molecular weight is 352 g/mol. The predicted octanol–water partition coefficient (Wildman–Crippen LogP) is 1.77. The zero-order valence-corrected chi connectivity index (χ0v) is 14.6. The van der Waals surface area contributed by atoms with E-state index in [0.717, 1.165) is 45.2 Å². The molecule has 0 radical (unpaired) electrons. The highest BCUT2D eigenvalue weighted by molar-refractivity contribution is 7.89. The maximum absolute atomic E-state index is 12.5. The lowest BCUT2D eigenvalue weighted by Gasteiger charge is -2.26. The molecule has 0 unspecified atom stereocenters.